The Bertz CT molecular complexity index is 566. The van der Waals surface area contributed by atoms with Gasteiger partial charge in [-0.2, -0.15) is 5.10 Å². The number of aromatic nitrogens is 2. The van der Waals surface area contributed by atoms with E-state index in [9.17, 15) is 4.79 Å². The molecule has 17 heavy (non-hydrogen) atoms. The highest BCUT2D eigenvalue weighted by Gasteiger charge is 2.07. The third kappa shape index (κ3) is 3.00. The van der Waals surface area contributed by atoms with Crippen LogP contribution in [-0.4, -0.2) is 15.0 Å². The number of hydrogen-bond acceptors (Lipinski definition) is 2. The summed E-state index contributed by atoms with van der Waals surface area (Å²) in [6, 6.07) is 5.24. The van der Waals surface area contributed by atoms with Gasteiger partial charge in [0.05, 0.1) is 16.9 Å². The molecule has 88 valence electrons. The molecule has 2 rings (SSSR count). The van der Waals surface area contributed by atoms with E-state index in [2.05, 4.69) is 5.10 Å². The minimum absolute atomic E-state index is 0.0865. The predicted molar refractivity (Wildman–Crippen MR) is 68.1 cm³/mol. The molecular formula is C11H7Cl3N2O. The van der Waals surface area contributed by atoms with Gasteiger partial charge in [0, 0.05) is 17.6 Å². The smallest absolute Gasteiger partial charge is 0.226 e. The van der Waals surface area contributed by atoms with Crippen LogP contribution in [0, 0.1) is 0 Å². The maximum absolute atomic E-state index is 10.9. The van der Waals surface area contributed by atoms with Gasteiger partial charge in [0.1, 0.15) is 0 Å². The molecule has 1 aromatic carbocycles. The van der Waals surface area contributed by atoms with Crippen LogP contribution in [0.15, 0.2) is 30.6 Å². The molecule has 0 atom stereocenters. The van der Waals surface area contributed by atoms with Gasteiger partial charge < -0.3 is 0 Å². The first kappa shape index (κ1) is 12.4. The molecule has 0 bridgehead atoms. The lowest BCUT2D eigenvalue weighted by atomic mass is 10.1. The summed E-state index contributed by atoms with van der Waals surface area (Å²) in [5.74, 6) is 0. The number of carbonyl (C=O) groups is 1. The van der Waals surface area contributed by atoms with E-state index in [1.165, 1.54) is 6.20 Å². The average Bonchev–Trinajstić information content (AvgIpc) is 2.67. The minimum Gasteiger partial charge on any atom is -0.281 e. The molecule has 0 aliphatic carbocycles. The highest BCUT2D eigenvalue weighted by atomic mass is 35.5. The van der Waals surface area contributed by atoms with E-state index >= 15 is 0 Å². The Labute approximate surface area is 113 Å². The summed E-state index contributed by atoms with van der Waals surface area (Å²) in [7, 11) is 0. The average molecular weight is 290 g/mol. The van der Waals surface area contributed by atoms with Gasteiger partial charge in [-0.3, -0.25) is 4.79 Å². The number of carbonyl (C=O) groups excluding carboxylic acids is 1. The molecule has 0 amide bonds. The monoisotopic (exact) mass is 288 g/mol. The van der Waals surface area contributed by atoms with Gasteiger partial charge in [0.25, 0.3) is 0 Å². The fourth-order valence-corrected chi connectivity index (χ4v) is 1.90. The molecule has 0 aliphatic rings. The fourth-order valence-electron chi connectivity index (χ4n) is 1.43. The molecule has 1 aromatic heterocycles. The summed E-state index contributed by atoms with van der Waals surface area (Å²) < 4.78 is 1.60. The van der Waals surface area contributed by atoms with Crippen LogP contribution in [0.5, 0.6) is 0 Å². The van der Waals surface area contributed by atoms with Gasteiger partial charge in [0.2, 0.25) is 5.24 Å². The summed E-state index contributed by atoms with van der Waals surface area (Å²) in [4.78, 5) is 10.9. The van der Waals surface area contributed by atoms with Crippen LogP contribution >= 0.6 is 34.8 Å². The van der Waals surface area contributed by atoms with Crippen molar-refractivity contribution in [2.24, 2.45) is 0 Å². The van der Waals surface area contributed by atoms with E-state index in [4.69, 9.17) is 34.8 Å². The van der Waals surface area contributed by atoms with Crippen LogP contribution in [-0.2, 0) is 11.2 Å². The van der Waals surface area contributed by atoms with E-state index in [-0.39, 0.29) is 6.42 Å². The first-order valence-electron chi connectivity index (χ1n) is 4.73. The van der Waals surface area contributed by atoms with E-state index in [0.717, 1.165) is 5.69 Å². The second kappa shape index (κ2) is 5.08. The Kier molecular flexibility index (Phi) is 3.72. The molecule has 0 N–H and O–H groups in total. The second-order valence-corrected chi connectivity index (χ2v) is 4.68. The third-order valence-corrected chi connectivity index (χ3v) is 2.87. The molecule has 0 unspecified atom stereocenters. The van der Waals surface area contributed by atoms with Crippen LogP contribution in [0.2, 0.25) is 10.0 Å². The molecule has 2 aromatic rings. The lowest BCUT2D eigenvalue weighted by Crippen LogP contribution is -1.99. The van der Waals surface area contributed by atoms with Crippen molar-refractivity contribution in [1.29, 1.82) is 0 Å². The number of hydrogen-bond donors (Lipinski definition) is 0. The molecule has 0 saturated carbocycles. The maximum atomic E-state index is 10.9. The molecule has 1 heterocycles. The number of halogens is 3. The summed E-state index contributed by atoms with van der Waals surface area (Å²) in [6.45, 7) is 0. The zero-order valence-electron chi connectivity index (χ0n) is 8.53. The summed E-state index contributed by atoms with van der Waals surface area (Å²) in [6.07, 6.45) is 3.28. The van der Waals surface area contributed by atoms with Crippen molar-refractivity contribution in [2.75, 3.05) is 0 Å². The fraction of sp³-hybridized carbons (Fsp3) is 0.0909. The van der Waals surface area contributed by atoms with Gasteiger partial charge in [-0.1, -0.05) is 23.2 Å². The zero-order valence-corrected chi connectivity index (χ0v) is 10.8. The van der Waals surface area contributed by atoms with Crippen LogP contribution in [0.3, 0.4) is 0 Å². The highest BCUT2D eigenvalue weighted by molar-refractivity contribution is 6.63. The van der Waals surface area contributed by atoms with E-state index in [0.29, 0.717) is 15.6 Å². The number of benzene rings is 1. The van der Waals surface area contributed by atoms with Crippen molar-refractivity contribution in [3.8, 4) is 5.69 Å². The number of nitrogens with zero attached hydrogens (tertiary/aromatic N) is 2. The van der Waals surface area contributed by atoms with Crippen LogP contribution in [0.25, 0.3) is 5.69 Å². The van der Waals surface area contributed by atoms with Crippen molar-refractivity contribution in [3.05, 3.63) is 46.2 Å². The van der Waals surface area contributed by atoms with Crippen molar-refractivity contribution < 1.29 is 4.79 Å². The van der Waals surface area contributed by atoms with Crippen LogP contribution in [0.4, 0.5) is 0 Å². The Morgan fingerprint density at radius 1 is 1.35 bits per heavy atom. The summed E-state index contributed by atoms with van der Waals surface area (Å²) >= 11 is 17.1. The molecule has 0 saturated heterocycles. The lowest BCUT2D eigenvalue weighted by molar-refractivity contribution is -0.111. The quantitative estimate of drug-likeness (QED) is 0.811. The van der Waals surface area contributed by atoms with Gasteiger partial charge in [-0.05, 0) is 35.4 Å². The molecule has 3 nitrogen and oxygen atoms in total. The Morgan fingerprint density at radius 3 is 2.71 bits per heavy atom. The zero-order chi connectivity index (χ0) is 12.4. The first-order chi connectivity index (χ1) is 8.06. The van der Waals surface area contributed by atoms with Crippen LogP contribution in [0.1, 0.15) is 5.56 Å². The normalized spacial score (nSPS) is 10.5. The van der Waals surface area contributed by atoms with E-state index in [1.54, 1.807) is 29.1 Å². The topological polar surface area (TPSA) is 34.9 Å². The van der Waals surface area contributed by atoms with Gasteiger partial charge in [-0.15, -0.1) is 0 Å². The van der Waals surface area contributed by atoms with Crippen molar-refractivity contribution in [1.82, 2.24) is 9.78 Å². The molecule has 0 aliphatic heterocycles. The van der Waals surface area contributed by atoms with Crippen molar-refractivity contribution in [2.45, 2.75) is 6.42 Å². The molecule has 6 heteroatoms. The molecule has 0 spiro atoms. The van der Waals surface area contributed by atoms with Crippen molar-refractivity contribution in [3.63, 3.8) is 0 Å². The van der Waals surface area contributed by atoms with Gasteiger partial charge in [-0.25, -0.2) is 4.68 Å². The van der Waals surface area contributed by atoms with Crippen LogP contribution < -0.4 is 0 Å². The van der Waals surface area contributed by atoms with Crippen molar-refractivity contribution >= 4 is 40.0 Å². The summed E-state index contributed by atoms with van der Waals surface area (Å²) in [5.41, 5.74) is 1.44. The van der Waals surface area contributed by atoms with E-state index < -0.39 is 5.24 Å². The third-order valence-electron chi connectivity index (χ3n) is 2.17. The molecule has 0 radical (unpaired) electrons. The Morgan fingerprint density at radius 2 is 2.12 bits per heavy atom. The number of rotatable bonds is 3. The second-order valence-electron chi connectivity index (χ2n) is 3.41. The Hall–Kier alpha value is -1.03. The largest absolute Gasteiger partial charge is 0.281 e. The standard InChI is InChI=1S/C11H7Cl3N2O/c12-8-5-15-16(6-8)9-1-2-10(13)7(3-9)4-11(14)17/h1-3,5-6H,4H2. The predicted octanol–water partition coefficient (Wildman–Crippen LogP) is 3.49. The van der Waals surface area contributed by atoms with E-state index in [1.807, 2.05) is 0 Å². The first-order valence-corrected chi connectivity index (χ1v) is 5.87. The van der Waals surface area contributed by atoms with Gasteiger partial charge in [0.15, 0.2) is 0 Å². The SMILES string of the molecule is O=C(Cl)Cc1cc(-n2cc(Cl)cn2)ccc1Cl. The lowest BCUT2D eigenvalue weighted by Gasteiger charge is -2.05. The maximum Gasteiger partial charge on any atom is 0.226 e. The molecular weight excluding hydrogens is 282 g/mol. The Balaban J connectivity index is 2.40. The van der Waals surface area contributed by atoms with Gasteiger partial charge >= 0.3 is 0 Å². The molecule has 0 fully saturated rings. The summed E-state index contributed by atoms with van der Waals surface area (Å²) in [5, 5.41) is 4.64. The highest BCUT2D eigenvalue weighted by Crippen LogP contribution is 2.21. The minimum atomic E-state index is -0.456.